The van der Waals surface area contributed by atoms with Gasteiger partial charge in [-0.2, -0.15) is 0 Å². The highest BCUT2D eigenvalue weighted by atomic mass is 19.1. The first-order valence-electron chi connectivity index (χ1n) is 10.8. The van der Waals surface area contributed by atoms with Crippen LogP contribution in [-0.4, -0.2) is 37.8 Å². The van der Waals surface area contributed by atoms with Crippen LogP contribution in [0.3, 0.4) is 0 Å². The van der Waals surface area contributed by atoms with Gasteiger partial charge in [0.05, 0.1) is 17.9 Å². The maximum atomic E-state index is 13.7. The first-order valence-corrected chi connectivity index (χ1v) is 10.8. The van der Waals surface area contributed by atoms with Gasteiger partial charge in [-0.25, -0.2) is 9.18 Å². The molecule has 0 aliphatic heterocycles. The normalized spacial score (nSPS) is 11.3. The van der Waals surface area contributed by atoms with Crippen LogP contribution in [0.1, 0.15) is 24.2 Å². The van der Waals surface area contributed by atoms with Gasteiger partial charge in [-0.3, -0.25) is 4.79 Å². The molecular formula is C26H26FNO6. The molecule has 0 aromatic heterocycles. The number of para-hydroxylation sites is 2. The maximum absolute atomic E-state index is 13.7. The number of anilines is 1. The Morgan fingerprint density at radius 2 is 1.59 bits per heavy atom. The van der Waals surface area contributed by atoms with Crippen molar-refractivity contribution in [2.24, 2.45) is 0 Å². The van der Waals surface area contributed by atoms with Gasteiger partial charge in [0.1, 0.15) is 24.8 Å². The van der Waals surface area contributed by atoms with Gasteiger partial charge in [0.25, 0.3) is 5.91 Å². The van der Waals surface area contributed by atoms with Crippen LogP contribution in [0.2, 0.25) is 0 Å². The highest BCUT2D eigenvalue weighted by Gasteiger charge is 2.21. The van der Waals surface area contributed by atoms with E-state index in [1.165, 1.54) is 37.3 Å². The van der Waals surface area contributed by atoms with Gasteiger partial charge in [0, 0.05) is 0 Å². The number of hydrogen-bond donors (Lipinski definition) is 1. The fourth-order valence-corrected chi connectivity index (χ4v) is 2.93. The van der Waals surface area contributed by atoms with Crippen molar-refractivity contribution in [1.82, 2.24) is 0 Å². The molecule has 178 valence electrons. The summed E-state index contributed by atoms with van der Waals surface area (Å²) in [6, 6.07) is 19.7. The summed E-state index contributed by atoms with van der Waals surface area (Å²) in [7, 11) is 0. The van der Waals surface area contributed by atoms with Crippen molar-refractivity contribution in [3.8, 4) is 17.2 Å². The summed E-state index contributed by atoms with van der Waals surface area (Å²) in [5, 5.41) is 2.40. The van der Waals surface area contributed by atoms with Crippen LogP contribution in [0.15, 0.2) is 72.8 Å². The Balaban J connectivity index is 1.57. The lowest BCUT2D eigenvalue weighted by Gasteiger charge is -2.16. The lowest BCUT2D eigenvalue weighted by Crippen LogP contribution is -2.30. The molecule has 0 spiro atoms. The zero-order valence-electron chi connectivity index (χ0n) is 19.0. The second-order valence-electron chi connectivity index (χ2n) is 7.12. The molecule has 0 saturated carbocycles. The van der Waals surface area contributed by atoms with Gasteiger partial charge >= 0.3 is 5.97 Å². The standard InChI is InChI=1S/C26H26FNO6/c1-3-31-24-17-19(13-14-23(24)33-16-15-32-20-9-5-4-6-10-20)26(30)34-18(2)25(29)28-22-12-8-7-11-21(22)27/h4-14,17-18H,3,15-16H2,1-2H3,(H,28,29). The summed E-state index contributed by atoms with van der Waals surface area (Å²) in [6.07, 6.45) is -1.14. The zero-order chi connectivity index (χ0) is 24.3. The van der Waals surface area contributed by atoms with Crippen LogP contribution >= 0.6 is 0 Å². The summed E-state index contributed by atoms with van der Waals surface area (Å²) in [4.78, 5) is 24.9. The van der Waals surface area contributed by atoms with E-state index < -0.39 is 23.8 Å². The van der Waals surface area contributed by atoms with Crippen molar-refractivity contribution in [2.45, 2.75) is 20.0 Å². The van der Waals surface area contributed by atoms with Crippen LogP contribution in [-0.2, 0) is 9.53 Å². The predicted octanol–water partition coefficient (Wildman–Crippen LogP) is 4.87. The number of esters is 1. The zero-order valence-corrected chi connectivity index (χ0v) is 19.0. The van der Waals surface area contributed by atoms with E-state index in [1.54, 1.807) is 12.1 Å². The van der Waals surface area contributed by atoms with Gasteiger partial charge in [-0.15, -0.1) is 0 Å². The molecule has 0 aliphatic carbocycles. The molecule has 3 aromatic rings. The number of rotatable bonds is 11. The van der Waals surface area contributed by atoms with Gasteiger partial charge in [0.2, 0.25) is 0 Å². The molecule has 3 aromatic carbocycles. The van der Waals surface area contributed by atoms with E-state index in [9.17, 15) is 14.0 Å². The van der Waals surface area contributed by atoms with Crippen LogP contribution in [0.25, 0.3) is 0 Å². The molecule has 7 nitrogen and oxygen atoms in total. The summed E-state index contributed by atoms with van der Waals surface area (Å²) < 4.78 is 35.9. The topological polar surface area (TPSA) is 83.1 Å². The van der Waals surface area contributed by atoms with E-state index in [2.05, 4.69) is 5.32 Å². The Bertz CT molecular complexity index is 1110. The van der Waals surface area contributed by atoms with Crippen molar-refractivity contribution in [2.75, 3.05) is 25.1 Å². The van der Waals surface area contributed by atoms with Crippen molar-refractivity contribution in [3.63, 3.8) is 0 Å². The van der Waals surface area contributed by atoms with Crippen molar-refractivity contribution in [1.29, 1.82) is 0 Å². The molecule has 3 rings (SSSR count). The van der Waals surface area contributed by atoms with Crippen LogP contribution in [0, 0.1) is 5.82 Å². The van der Waals surface area contributed by atoms with E-state index in [0.29, 0.717) is 24.7 Å². The van der Waals surface area contributed by atoms with Crippen LogP contribution < -0.4 is 19.5 Å². The first kappa shape index (κ1) is 24.6. The number of hydrogen-bond acceptors (Lipinski definition) is 6. The summed E-state index contributed by atoms with van der Waals surface area (Å²) in [5.41, 5.74) is 0.189. The Morgan fingerprint density at radius 3 is 2.32 bits per heavy atom. The third-order valence-electron chi connectivity index (χ3n) is 4.62. The molecule has 0 bridgehead atoms. The average molecular weight is 467 g/mol. The van der Waals surface area contributed by atoms with Gasteiger partial charge in [-0.1, -0.05) is 30.3 Å². The minimum atomic E-state index is -1.14. The molecule has 1 N–H and O–H groups in total. The second-order valence-corrected chi connectivity index (χ2v) is 7.12. The van der Waals surface area contributed by atoms with E-state index in [0.717, 1.165) is 5.75 Å². The third kappa shape index (κ3) is 6.96. The Hall–Kier alpha value is -4.07. The highest BCUT2D eigenvalue weighted by Crippen LogP contribution is 2.29. The molecule has 1 amide bonds. The van der Waals surface area contributed by atoms with Gasteiger partial charge in [0.15, 0.2) is 17.6 Å². The molecule has 8 heteroatoms. The molecule has 0 aliphatic rings. The Morgan fingerprint density at radius 1 is 0.882 bits per heavy atom. The fourth-order valence-electron chi connectivity index (χ4n) is 2.93. The lowest BCUT2D eigenvalue weighted by atomic mass is 10.2. The number of ether oxygens (including phenoxy) is 4. The third-order valence-corrected chi connectivity index (χ3v) is 4.62. The Kier molecular flexibility index (Phi) is 8.85. The number of amides is 1. The van der Waals surface area contributed by atoms with E-state index in [4.69, 9.17) is 18.9 Å². The summed E-state index contributed by atoms with van der Waals surface area (Å²) in [6.45, 7) is 4.17. The van der Waals surface area contributed by atoms with Crippen LogP contribution in [0.4, 0.5) is 10.1 Å². The molecular weight excluding hydrogens is 441 g/mol. The predicted molar refractivity (Wildman–Crippen MR) is 125 cm³/mol. The van der Waals surface area contributed by atoms with Gasteiger partial charge < -0.3 is 24.3 Å². The maximum Gasteiger partial charge on any atom is 0.339 e. The molecule has 1 atom stereocenters. The number of halogens is 1. The number of carbonyl (C=O) groups is 2. The minimum absolute atomic E-state index is 0.00627. The number of carbonyl (C=O) groups excluding carboxylic acids is 2. The van der Waals surface area contributed by atoms with Crippen molar-refractivity contribution >= 4 is 17.6 Å². The minimum Gasteiger partial charge on any atom is -0.490 e. The lowest BCUT2D eigenvalue weighted by molar-refractivity contribution is -0.123. The van der Waals surface area contributed by atoms with Crippen molar-refractivity contribution < 1.29 is 32.9 Å². The highest BCUT2D eigenvalue weighted by molar-refractivity contribution is 5.97. The Labute approximate surface area is 197 Å². The smallest absolute Gasteiger partial charge is 0.339 e. The summed E-state index contributed by atoms with van der Waals surface area (Å²) in [5.74, 6) is -0.415. The molecule has 0 radical (unpaired) electrons. The van der Waals surface area contributed by atoms with Gasteiger partial charge in [-0.05, 0) is 56.3 Å². The molecule has 1 unspecified atom stereocenters. The average Bonchev–Trinajstić information content (AvgIpc) is 2.84. The summed E-state index contributed by atoms with van der Waals surface area (Å²) >= 11 is 0. The molecule has 0 fully saturated rings. The van der Waals surface area contributed by atoms with E-state index in [-0.39, 0.29) is 17.9 Å². The molecule has 0 saturated heterocycles. The second kappa shape index (κ2) is 12.2. The first-order chi connectivity index (χ1) is 16.5. The SMILES string of the molecule is CCOc1cc(C(=O)OC(C)C(=O)Nc2ccccc2F)ccc1OCCOc1ccccc1. The molecule has 0 heterocycles. The van der Waals surface area contributed by atoms with E-state index in [1.807, 2.05) is 37.3 Å². The number of benzene rings is 3. The molecule has 34 heavy (non-hydrogen) atoms. The quantitative estimate of drug-likeness (QED) is 0.320. The van der Waals surface area contributed by atoms with E-state index >= 15 is 0 Å². The largest absolute Gasteiger partial charge is 0.490 e. The monoisotopic (exact) mass is 467 g/mol. The van der Waals surface area contributed by atoms with Crippen molar-refractivity contribution in [3.05, 3.63) is 84.2 Å². The fraction of sp³-hybridized carbons (Fsp3) is 0.231. The van der Waals surface area contributed by atoms with Crippen LogP contribution in [0.5, 0.6) is 17.2 Å². The number of nitrogens with one attached hydrogen (secondary N) is 1.